The molecule has 21 heavy (non-hydrogen) atoms. The van der Waals surface area contributed by atoms with Crippen LogP contribution < -0.4 is 9.47 Å². The van der Waals surface area contributed by atoms with Crippen molar-refractivity contribution in [1.29, 1.82) is 0 Å². The predicted molar refractivity (Wildman–Crippen MR) is 87.0 cm³/mol. The lowest BCUT2D eigenvalue weighted by Gasteiger charge is -2.17. The van der Waals surface area contributed by atoms with Crippen molar-refractivity contribution in [1.82, 2.24) is 0 Å². The highest BCUT2D eigenvalue weighted by molar-refractivity contribution is 9.10. The number of ether oxygens (including phenoxy) is 2. The first-order chi connectivity index (χ1) is 10.2. The first-order valence-corrected chi connectivity index (χ1v) is 7.70. The van der Waals surface area contributed by atoms with E-state index in [-0.39, 0.29) is 0 Å². The summed E-state index contributed by atoms with van der Waals surface area (Å²) in [6, 6.07) is 13.2. The molecule has 0 aliphatic heterocycles. The molecule has 0 saturated heterocycles. The fourth-order valence-electron chi connectivity index (χ4n) is 2.07. The Balaban J connectivity index is 2.35. The summed E-state index contributed by atoms with van der Waals surface area (Å²) in [6.45, 7) is 2.67. The van der Waals surface area contributed by atoms with Crippen LogP contribution in [0.3, 0.4) is 0 Å². The molecule has 1 N–H and O–H groups in total. The summed E-state index contributed by atoms with van der Waals surface area (Å²) in [5, 5.41) is 10.5. The summed E-state index contributed by atoms with van der Waals surface area (Å²) in [5.74, 6) is 1.28. The van der Waals surface area contributed by atoms with Gasteiger partial charge in [-0.3, -0.25) is 0 Å². The fourth-order valence-corrected chi connectivity index (χ4v) is 2.64. The Morgan fingerprint density at radius 1 is 1.14 bits per heavy atom. The maximum absolute atomic E-state index is 10.5. The van der Waals surface area contributed by atoms with Crippen LogP contribution in [0, 0.1) is 0 Å². The van der Waals surface area contributed by atoms with Crippen LogP contribution in [0.4, 0.5) is 0 Å². The first-order valence-electron chi connectivity index (χ1n) is 6.90. The maximum Gasteiger partial charge on any atom is 0.175 e. The lowest BCUT2D eigenvalue weighted by molar-refractivity contribution is 0.219. The van der Waals surface area contributed by atoms with E-state index in [1.54, 1.807) is 7.11 Å². The molecule has 112 valence electrons. The number of rotatable bonds is 6. The van der Waals surface area contributed by atoms with Gasteiger partial charge in [0.2, 0.25) is 0 Å². The van der Waals surface area contributed by atoms with Crippen LogP contribution in [-0.4, -0.2) is 18.8 Å². The van der Waals surface area contributed by atoms with Gasteiger partial charge in [0, 0.05) is 0 Å². The number of halogens is 1. The van der Waals surface area contributed by atoms with Crippen LogP contribution >= 0.6 is 15.9 Å². The van der Waals surface area contributed by atoms with E-state index in [4.69, 9.17) is 9.47 Å². The van der Waals surface area contributed by atoms with E-state index in [1.165, 1.54) is 0 Å². The minimum absolute atomic E-state index is 0.614. The molecule has 0 heterocycles. The molecular formula is C17H19BrO3. The average molecular weight is 351 g/mol. The van der Waals surface area contributed by atoms with E-state index in [0.29, 0.717) is 18.1 Å². The lowest BCUT2D eigenvalue weighted by atomic mass is 10.0. The SMILES string of the molecule is CCCOc1c(Br)cc(C(O)c2ccccc2)cc1OC. The highest BCUT2D eigenvalue weighted by atomic mass is 79.9. The van der Waals surface area contributed by atoms with E-state index in [2.05, 4.69) is 15.9 Å². The molecule has 2 aromatic rings. The van der Waals surface area contributed by atoms with Gasteiger partial charge in [-0.1, -0.05) is 37.3 Å². The molecule has 2 rings (SSSR count). The van der Waals surface area contributed by atoms with Gasteiger partial charge in [0.25, 0.3) is 0 Å². The third kappa shape index (κ3) is 3.77. The molecule has 4 heteroatoms. The largest absolute Gasteiger partial charge is 0.493 e. The van der Waals surface area contributed by atoms with Crippen molar-refractivity contribution in [2.75, 3.05) is 13.7 Å². The zero-order chi connectivity index (χ0) is 15.2. The van der Waals surface area contributed by atoms with E-state index < -0.39 is 6.10 Å². The van der Waals surface area contributed by atoms with Gasteiger partial charge in [0.1, 0.15) is 6.10 Å². The number of hydrogen-bond donors (Lipinski definition) is 1. The summed E-state index contributed by atoms with van der Waals surface area (Å²) >= 11 is 3.49. The second-order valence-electron chi connectivity index (χ2n) is 4.70. The molecule has 0 radical (unpaired) electrons. The van der Waals surface area contributed by atoms with Gasteiger partial charge < -0.3 is 14.6 Å². The summed E-state index contributed by atoms with van der Waals surface area (Å²) in [4.78, 5) is 0. The normalized spacial score (nSPS) is 12.0. The zero-order valence-electron chi connectivity index (χ0n) is 12.2. The number of methoxy groups -OCH3 is 1. The van der Waals surface area contributed by atoms with Crippen molar-refractivity contribution in [2.24, 2.45) is 0 Å². The molecule has 0 aliphatic rings. The van der Waals surface area contributed by atoms with Crippen LogP contribution in [0.2, 0.25) is 0 Å². The Morgan fingerprint density at radius 3 is 2.48 bits per heavy atom. The molecule has 1 atom stereocenters. The lowest BCUT2D eigenvalue weighted by Crippen LogP contribution is -2.03. The molecule has 3 nitrogen and oxygen atoms in total. The number of aliphatic hydroxyl groups excluding tert-OH is 1. The van der Waals surface area contributed by atoms with Gasteiger partial charge in [-0.05, 0) is 45.6 Å². The molecule has 0 amide bonds. The maximum atomic E-state index is 10.5. The Bertz CT molecular complexity index is 584. The third-order valence-corrected chi connectivity index (χ3v) is 3.72. The number of benzene rings is 2. The molecule has 0 fully saturated rings. The Labute approximate surface area is 133 Å². The minimum Gasteiger partial charge on any atom is -0.493 e. The van der Waals surface area contributed by atoms with Gasteiger partial charge in [-0.25, -0.2) is 0 Å². The topological polar surface area (TPSA) is 38.7 Å². The smallest absolute Gasteiger partial charge is 0.175 e. The van der Waals surface area contributed by atoms with E-state index in [9.17, 15) is 5.11 Å². The molecule has 0 bridgehead atoms. The molecule has 0 saturated carbocycles. The quantitative estimate of drug-likeness (QED) is 0.842. The average Bonchev–Trinajstić information content (AvgIpc) is 2.53. The zero-order valence-corrected chi connectivity index (χ0v) is 13.8. The van der Waals surface area contributed by atoms with Crippen LogP contribution in [0.5, 0.6) is 11.5 Å². The van der Waals surface area contributed by atoms with Gasteiger partial charge >= 0.3 is 0 Å². The minimum atomic E-state index is -0.698. The van der Waals surface area contributed by atoms with Crippen molar-refractivity contribution >= 4 is 15.9 Å². The molecule has 0 aromatic heterocycles. The Kier molecular flexibility index (Phi) is 5.65. The standard InChI is InChI=1S/C17H19BrO3/c1-3-9-21-17-14(18)10-13(11-15(17)20-2)16(19)12-7-5-4-6-8-12/h4-8,10-11,16,19H,3,9H2,1-2H3. The summed E-state index contributed by atoms with van der Waals surface area (Å²) in [7, 11) is 1.60. The fraction of sp³-hybridized carbons (Fsp3) is 0.294. The van der Waals surface area contributed by atoms with Crippen molar-refractivity contribution in [3.8, 4) is 11.5 Å². The van der Waals surface area contributed by atoms with Crippen LogP contribution in [0.15, 0.2) is 46.9 Å². The Hall–Kier alpha value is -1.52. The van der Waals surface area contributed by atoms with Crippen molar-refractivity contribution in [3.05, 3.63) is 58.1 Å². The number of aliphatic hydroxyl groups is 1. The summed E-state index contributed by atoms with van der Waals surface area (Å²) < 4.78 is 11.9. The van der Waals surface area contributed by atoms with Gasteiger partial charge in [0.05, 0.1) is 18.2 Å². The van der Waals surface area contributed by atoms with Crippen LogP contribution in [0.25, 0.3) is 0 Å². The third-order valence-electron chi connectivity index (χ3n) is 3.13. The highest BCUT2D eigenvalue weighted by Crippen LogP contribution is 2.39. The molecule has 0 aliphatic carbocycles. The van der Waals surface area contributed by atoms with Gasteiger partial charge in [0.15, 0.2) is 11.5 Å². The van der Waals surface area contributed by atoms with Crippen LogP contribution in [-0.2, 0) is 0 Å². The van der Waals surface area contributed by atoms with Gasteiger partial charge in [-0.15, -0.1) is 0 Å². The number of hydrogen-bond acceptors (Lipinski definition) is 3. The van der Waals surface area contributed by atoms with Crippen molar-refractivity contribution in [2.45, 2.75) is 19.4 Å². The van der Waals surface area contributed by atoms with Crippen molar-refractivity contribution in [3.63, 3.8) is 0 Å². The Morgan fingerprint density at radius 2 is 1.86 bits per heavy atom. The molecule has 2 aromatic carbocycles. The van der Waals surface area contributed by atoms with Crippen molar-refractivity contribution < 1.29 is 14.6 Å². The molecule has 1 unspecified atom stereocenters. The van der Waals surface area contributed by atoms with E-state index >= 15 is 0 Å². The second-order valence-corrected chi connectivity index (χ2v) is 5.55. The molecule has 0 spiro atoms. The summed E-state index contributed by atoms with van der Waals surface area (Å²) in [5.41, 5.74) is 1.60. The van der Waals surface area contributed by atoms with Crippen LogP contribution in [0.1, 0.15) is 30.6 Å². The van der Waals surface area contributed by atoms with E-state index in [0.717, 1.165) is 22.0 Å². The second kappa shape index (κ2) is 7.48. The van der Waals surface area contributed by atoms with Gasteiger partial charge in [-0.2, -0.15) is 0 Å². The van der Waals surface area contributed by atoms with E-state index in [1.807, 2.05) is 49.4 Å². The monoisotopic (exact) mass is 350 g/mol. The summed E-state index contributed by atoms with van der Waals surface area (Å²) in [6.07, 6.45) is 0.223. The first kappa shape index (κ1) is 15.9. The highest BCUT2D eigenvalue weighted by Gasteiger charge is 2.17. The molecular weight excluding hydrogens is 332 g/mol. The predicted octanol–water partition coefficient (Wildman–Crippen LogP) is 4.33.